The maximum Gasteiger partial charge on any atom is 0.389 e. The molecular formula is C13H24F3NO2. The van der Waals surface area contributed by atoms with Crippen LogP contribution in [0, 0.1) is 0 Å². The second-order valence-corrected chi connectivity index (χ2v) is 4.96. The molecule has 0 amide bonds. The molecule has 1 aliphatic heterocycles. The predicted molar refractivity (Wildman–Crippen MR) is 67.2 cm³/mol. The molecule has 114 valence electrons. The zero-order chi connectivity index (χ0) is 14.4. The van der Waals surface area contributed by atoms with E-state index in [0.717, 1.165) is 12.8 Å². The molecule has 1 atom stereocenters. The molecule has 1 heterocycles. The van der Waals surface area contributed by atoms with Gasteiger partial charge in [0, 0.05) is 45.1 Å². The fourth-order valence-electron chi connectivity index (χ4n) is 2.77. The highest BCUT2D eigenvalue weighted by Gasteiger charge is 2.40. The van der Waals surface area contributed by atoms with E-state index in [0.29, 0.717) is 26.2 Å². The molecule has 19 heavy (non-hydrogen) atoms. The highest BCUT2D eigenvalue weighted by molar-refractivity contribution is 4.94. The smallest absolute Gasteiger partial charge is 0.381 e. The van der Waals surface area contributed by atoms with Gasteiger partial charge in [0.05, 0.1) is 5.60 Å². The minimum absolute atomic E-state index is 0.0568. The fraction of sp³-hybridized carbons (Fsp3) is 1.00. The highest BCUT2D eigenvalue weighted by Crippen LogP contribution is 2.32. The van der Waals surface area contributed by atoms with E-state index in [1.165, 1.54) is 0 Å². The van der Waals surface area contributed by atoms with Crippen molar-refractivity contribution in [3.8, 4) is 0 Å². The Morgan fingerprint density at radius 2 is 1.95 bits per heavy atom. The molecule has 0 aliphatic carbocycles. The van der Waals surface area contributed by atoms with Gasteiger partial charge >= 0.3 is 6.18 Å². The van der Waals surface area contributed by atoms with Crippen molar-refractivity contribution in [2.24, 2.45) is 0 Å². The standard InChI is InChI=1S/C13H24F3NO2/c1-3-19-12(7-9-18-10-8-12)11(17-2)5-4-6-13(14,15)16/h11,17H,3-10H2,1-2H3. The molecule has 0 saturated carbocycles. The molecule has 1 aliphatic rings. The Balaban J connectivity index is 2.57. The first-order valence-electron chi connectivity index (χ1n) is 6.89. The number of nitrogens with one attached hydrogen (secondary N) is 1. The van der Waals surface area contributed by atoms with Gasteiger partial charge in [-0.05, 0) is 26.8 Å². The number of likely N-dealkylation sites (N-methyl/N-ethyl adjacent to an activating group) is 1. The van der Waals surface area contributed by atoms with Gasteiger partial charge in [0.25, 0.3) is 0 Å². The molecule has 0 aromatic carbocycles. The third-order valence-electron chi connectivity index (χ3n) is 3.71. The molecule has 1 rings (SSSR count). The van der Waals surface area contributed by atoms with Gasteiger partial charge in [0.15, 0.2) is 0 Å². The van der Waals surface area contributed by atoms with Gasteiger partial charge < -0.3 is 14.8 Å². The molecule has 1 N–H and O–H groups in total. The summed E-state index contributed by atoms with van der Waals surface area (Å²) in [6.45, 7) is 3.70. The lowest BCUT2D eigenvalue weighted by Gasteiger charge is -2.43. The maximum atomic E-state index is 12.2. The molecule has 1 unspecified atom stereocenters. The van der Waals surface area contributed by atoms with Gasteiger partial charge in [-0.1, -0.05) is 0 Å². The number of ether oxygens (including phenoxy) is 2. The number of hydrogen-bond acceptors (Lipinski definition) is 3. The zero-order valence-electron chi connectivity index (χ0n) is 11.7. The van der Waals surface area contributed by atoms with E-state index in [1.807, 2.05) is 6.92 Å². The summed E-state index contributed by atoms with van der Waals surface area (Å²) in [6.07, 6.45) is -2.74. The van der Waals surface area contributed by atoms with Crippen LogP contribution in [0.2, 0.25) is 0 Å². The van der Waals surface area contributed by atoms with Crippen molar-refractivity contribution in [2.45, 2.75) is 56.8 Å². The van der Waals surface area contributed by atoms with Crippen LogP contribution in [0.3, 0.4) is 0 Å². The van der Waals surface area contributed by atoms with E-state index in [4.69, 9.17) is 9.47 Å². The molecule has 1 fully saturated rings. The summed E-state index contributed by atoms with van der Waals surface area (Å²) in [4.78, 5) is 0. The van der Waals surface area contributed by atoms with E-state index < -0.39 is 12.6 Å². The van der Waals surface area contributed by atoms with Crippen molar-refractivity contribution >= 4 is 0 Å². The average molecular weight is 283 g/mol. The van der Waals surface area contributed by atoms with E-state index in [-0.39, 0.29) is 18.1 Å². The quantitative estimate of drug-likeness (QED) is 0.779. The van der Waals surface area contributed by atoms with Crippen molar-refractivity contribution in [3.05, 3.63) is 0 Å². The van der Waals surface area contributed by atoms with Gasteiger partial charge in [0.2, 0.25) is 0 Å². The van der Waals surface area contributed by atoms with Crippen LogP contribution in [0.5, 0.6) is 0 Å². The molecule has 3 nitrogen and oxygen atoms in total. The Hall–Kier alpha value is -0.330. The van der Waals surface area contributed by atoms with Crippen molar-refractivity contribution < 1.29 is 22.6 Å². The Bertz CT molecular complexity index is 247. The van der Waals surface area contributed by atoms with Crippen molar-refractivity contribution in [2.75, 3.05) is 26.9 Å². The Morgan fingerprint density at radius 1 is 1.32 bits per heavy atom. The Labute approximate surface area is 112 Å². The minimum Gasteiger partial charge on any atom is -0.381 e. The van der Waals surface area contributed by atoms with Crippen molar-refractivity contribution in [3.63, 3.8) is 0 Å². The van der Waals surface area contributed by atoms with Crippen molar-refractivity contribution in [1.82, 2.24) is 5.32 Å². The summed E-state index contributed by atoms with van der Waals surface area (Å²) in [5.74, 6) is 0. The molecule has 0 spiro atoms. The fourth-order valence-corrected chi connectivity index (χ4v) is 2.77. The first kappa shape index (κ1) is 16.7. The summed E-state index contributed by atoms with van der Waals surface area (Å²) in [6, 6.07) is -0.0568. The number of hydrogen-bond donors (Lipinski definition) is 1. The second-order valence-electron chi connectivity index (χ2n) is 4.96. The van der Waals surface area contributed by atoms with Crippen LogP contribution in [-0.2, 0) is 9.47 Å². The molecule has 0 aromatic heterocycles. The summed E-state index contributed by atoms with van der Waals surface area (Å²) >= 11 is 0. The first-order valence-corrected chi connectivity index (χ1v) is 6.89. The maximum absolute atomic E-state index is 12.2. The van der Waals surface area contributed by atoms with Gasteiger partial charge in [-0.2, -0.15) is 13.2 Å². The lowest BCUT2D eigenvalue weighted by molar-refractivity contribution is -0.142. The van der Waals surface area contributed by atoms with Crippen molar-refractivity contribution in [1.29, 1.82) is 0 Å². The second kappa shape index (κ2) is 7.45. The minimum atomic E-state index is -4.08. The van der Waals surface area contributed by atoms with Crippen LogP contribution in [0.1, 0.15) is 39.0 Å². The SMILES string of the molecule is CCOC1(C(CCCC(F)(F)F)NC)CCOCC1. The number of halogens is 3. The first-order chi connectivity index (χ1) is 8.93. The van der Waals surface area contributed by atoms with E-state index in [9.17, 15) is 13.2 Å². The van der Waals surface area contributed by atoms with Crippen LogP contribution < -0.4 is 5.32 Å². The third kappa shape index (κ3) is 5.28. The van der Waals surface area contributed by atoms with Gasteiger partial charge in [0.1, 0.15) is 0 Å². The Kier molecular flexibility index (Phi) is 6.56. The molecular weight excluding hydrogens is 259 g/mol. The molecule has 6 heteroatoms. The largest absolute Gasteiger partial charge is 0.389 e. The molecule has 0 bridgehead atoms. The monoisotopic (exact) mass is 283 g/mol. The van der Waals surface area contributed by atoms with Gasteiger partial charge in [-0.15, -0.1) is 0 Å². The van der Waals surface area contributed by atoms with Crippen LogP contribution >= 0.6 is 0 Å². The van der Waals surface area contributed by atoms with Crippen LogP contribution in [-0.4, -0.2) is 44.7 Å². The topological polar surface area (TPSA) is 30.5 Å². The zero-order valence-corrected chi connectivity index (χ0v) is 11.7. The highest BCUT2D eigenvalue weighted by atomic mass is 19.4. The average Bonchev–Trinajstić information content (AvgIpc) is 2.35. The lowest BCUT2D eigenvalue weighted by atomic mass is 9.83. The van der Waals surface area contributed by atoms with E-state index in [1.54, 1.807) is 7.05 Å². The predicted octanol–water partition coefficient (Wildman–Crippen LogP) is 2.89. The Morgan fingerprint density at radius 3 is 2.42 bits per heavy atom. The van der Waals surface area contributed by atoms with Gasteiger partial charge in [-0.25, -0.2) is 0 Å². The summed E-state index contributed by atoms with van der Waals surface area (Å²) < 4.78 is 47.9. The third-order valence-corrected chi connectivity index (χ3v) is 3.71. The van der Waals surface area contributed by atoms with E-state index in [2.05, 4.69) is 5.32 Å². The molecule has 0 radical (unpaired) electrons. The van der Waals surface area contributed by atoms with E-state index >= 15 is 0 Å². The molecule has 0 aromatic rings. The number of rotatable bonds is 7. The summed E-state index contributed by atoms with van der Waals surface area (Å²) in [7, 11) is 1.79. The summed E-state index contributed by atoms with van der Waals surface area (Å²) in [5.41, 5.74) is -0.382. The van der Waals surface area contributed by atoms with Crippen LogP contribution in [0.15, 0.2) is 0 Å². The normalized spacial score (nSPS) is 21.3. The molecule has 1 saturated heterocycles. The van der Waals surface area contributed by atoms with Crippen LogP contribution in [0.25, 0.3) is 0 Å². The van der Waals surface area contributed by atoms with Gasteiger partial charge in [-0.3, -0.25) is 0 Å². The number of alkyl halides is 3. The summed E-state index contributed by atoms with van der Waals surface area (Å²) in [5, 5.41) is 3.14. The lowest BCUT2D eigenvalue weighted by Crippen LogP contribution is -2.54. The van der Waals surface area contributed by atoms with Crippen LogP contribution in [0.4, 0.5) is 13.2 Å².